The number of hydrogen-bond donors (Lipinski definition) is 2. The first kappa shape index (κ1) is 13.3. The summed E-state index contributed by atoms with van der Waals surface area (Å²) in [5, 5.41) is 3.03. The van der Waals surface area contributed by atoms with Gasteiger partial charge in [0, 0.05) is 17.6 Å². The van der Waals surface area contributed by atoms with E-state index in [2.05, 4.69) is 41.3 Å². The Morgan fingerprint density at radius 3 is 2.47 bits per heavy atom. The van der Waals surface area contributed by atoms with Gasteiger partial charge in [0.25, 0.3) is 0 Å². The van der Waals surface area contributed by atoms with E-state index in [0.29, 0.717) is 6.42 Å². The van der Waals surface area contributed by atoms with Crippen molar-refractivity contribution >= 4 is 11.6 Å². The van der Waals surface area contributed by atoms with E-state index in [1.807, 2.05) is 6.07 Å². The standard InChI is InChI=1S/C15H19N3O/c1-3-11-6-5-7-12(4-2)15(11)18-14(19)8-13-9-16-10-17-13/h5-7,9-10H,3-4,8H2,1-2H3,(H,16,17)(H,18,19). The topological polar surface area (TPSA) is 57.8 Å². The minimum atomic E-state index is -0.0140. The van der Waals surface area contributed by atoms with E-state index in [4.69, 9.17) is 0 Å². The first-order valence-electron chi connectivity index (χ1n) is 6.62. The van der Waals surface area contributed by atoms with Gasteiger partial charge in [0.1, 0.15) is 0 Å². The number of nitrogens with zero attached hydrogens (tertiary/aromatic N) is 1. The summed E-state index contributed by atoms with van der Waals surface area (Å²) in [6, 6.07) is 6.16. The molecule has 0 aliphatic heterocycles. The highest BCUT2D eigenvalue weighted by molar-refractivity contribution is 5.93. The molecule has 4 heteroatoms. The van der Waals surface area contributed by atoms with Gasteiger partial charge in [-0.25, -0.2) is 4.98 Å². The van der Waals surface area contributed by atoms with Crippen LogP contribution in [0.15, 0.2) is 30.7 Å². The lowest BCUT2D eigenvalue weighted by atomic mass is 10.0. The molecular weight excluding hydrogens is 238 g/mol. The lowest BCUT2D eigenvalue weighted by molar-refractivity contribution is -0.115. The molecule has 4 nitrogen and oxygen atoms in total. The summed E-state index contributed by atoms with van der Waals surface area (Å²) < 4.78 is 0. The van der Waals surface area contributed by atoms with Gasteiger partial charge >= 0.3 is 0 Å². The molecule has 0 fully saturated rings. The van der Waals surface area contributed by atoms with Gasteiger partial charge in [-0.3, -0.25) is 4.79 Å². The summed E-state index contributed by atoms with van der Waals surface area (Å²) in [7, 11) is 0. The van der Waals surface area contributed by atoms with Crippen LogP contribution in [0.1, 0.15) is 30.7 Å². The third kappa shape index (κ3) is 3.22. The van der Waals surface area contributed by atoms with Crippen molar-refractivity contribution in [3.8, 4) is 0 Å². The Kier molecular flexibility index (Phi) is 4.34. The third-order valence-electron chi connectivity index (χ3n) is 3.17. The normalized spacial score (nSPS) is 10.4. The van der Waals surface area contributed by atoms with Crippen molar-refractivity contribution in [2.75, 3.05) is 5.32 Å². The number of nitrogens with one attached hydrogen (secondary N) is 2. The predicted octanol–water partition coefficient (Wildman–Crippen LogP) is 2.72. The Morgan fingerprint density at radius 1 is 1.26 bits per heavy atom. The number of aryl methyl sites for hydroxylation is 2. The molecule has 1 aromatic carbocycles. The highest BCUT2D eigenvalue weighted by Crippen LogP contribution is 2.22. The Morgan fingerprint density at radius 2 is 1.95 bits per heavy atom. The van der Waals surface area contributed by atoms with Crippen LogP contribution in [-0.4, -0.2) is 15.9 Å². The Bertz CT molecular complexity index is 524. The summed E-state index contributed by atoms with van der Waals surface area (Å²) >= 11 is 0. The van der Waals surface area contributed by atoms with Gasteiger partial charge in [0.05, 0.1) is 12.7 Å². The molecule has 1 amide bonds. The molecule has 19 heavy (non-hydrogen) atoms. The second kappa shape index (κ2) is 6.18. The maximum atomic E-state index is 12.1. The maximum absolute atomic E-state index is 12.1. The lowest BCUT2D eigenvalue weighted by Crippen LogP contribution is -2.17. The lowest BCUT2D eigenvalue weighted by Gasteiger charge is -2.14. The molecule has 0 saturated carbocycles. The van der Waals surface area contributed by atoms with Gasteiger partial charge < -0.3 is 10.3 Å². The Labute approximate surface area is 113 Å². The fraction of sp³-hybridized carbons (Fsp3) is 0.333. The van der Waals surface area contributed by atoms with Crippen LogP contribution in [0.3, 0.4) is 0 Å². The first-order chi connectivity index (χ1) is 9.24. The number of carbonyl (C=O) groups is 1. The van der Waals surface area contributed by atoms with Gasteiger partial charge in [0.2, 0.25) is 5.91 Å². The SMILES string of the molecule is CCc1cccc(CC)c1NC(=O)Cc1cnc[nH]1. The largest absolute Gasteiger partial charge is 0.348 e. The number of amides is 1. The second-order valence-corrected chi connectivity index (χ2v) is 4.46. The van der Waals surface area contributed by atoms with Crippen molar-refractivity contribution in [2.45, 2.75) is 33.1 Å². The van der Waals surface area contributed by atoms with Crippen molar-refractivity contribution in [1.29, 1.82) is 0 Å². The molecule has 0 unspecified atom stereocenters. The molecule has 1 aromatic heterocycles. The maximum Gasteiger partial charge on any atom is 0.230 e. The fourth-order valence-corrected chi connectivity index (χ4v) is 2.14. The average Bonchev–Trinajstić information content (AvgIpc) is 2.91. The third-order valence-corrected chi connectivity index (χ3v) is 3.17. The summed E-state index contributed by atoms with van der Waals surface area (Å²) in [5.41, 5.74) is 4.15. The zero-order valence-electron chi connectivity index (χ0n) is 11.4. The van der Waals surface area contributed by atoms with Crippen molar-refractivity contribution in [3.63, 3.8) is 0 Å². The van der Waals surface area contributed by atoms with Gasteiger partial charge in [-0.2, -0.15) is 0 Å². The number of aromatic amines is 1. The monoisotopic (exact) mass is 257 g/mol. The molecule has 2 rings (SSSR count). The summed E-state index contributed by atoms with van der Waals surface area (Å²) in [6.07, 6.45) is 5.40. The number of H-pyrrole nitrogens is 1. The van der Waals surface area contributed by atoms with Crippen molar-refractivity contribution in [1.82, 2.24) is 9.97 Å². The number of aromatic nitrogens is 2. The molecule has 100 valence electrons. The van der Waals surface area contributed by atoms with Crippen molar-refractivity contribution in [2.24, 2.45) is 0 Å². The van der Waals surface area contributed by atoms with Crippen LogP contribution < -0.4 is 5.32 Å². The molecule has 2 aromatic rings. The molecule has 0 aliphatic rings. The van der Waals surface area contributed by atoms with E-state index in [0.717, 1.165) is 24.2 Å². The smallest absolute Gasteiger partial charge is 0.230 e. The molecule has 0 atom stereocenters. The number of hydrogen-bond acceptors (Lipinski definition) is 2. The molecule has 2 N–H and O–H groups in total. The molecule has 1 heterocycles. The van der Waals surface area contributed by atoms with E-state index in [1.54, 1.807) is 12.5 Å². The van der Waals surface area contributed by atoms with E-state index in [9.17, 15) is 4.79 Å². The summed E-state index contributed by atoms with van der Waals surface area (Å²) in [4.78, 5) is 18.9. The van der Waals surface area contributed by atoms with Crippen LogP contribution in [0, 0.1) is 0 Å². The molecule has 0 spiro atoms. The number of imidazole rings is 1. The predicted molar refractivity (Wildman–Crippen MR) is 76.1 cm³/mol. The van der Waals surface area contributed by atoms with Crippen LogP contribution in [0.2, 0.25) is 0 Å². The zero-order valence-corrected chi connectivity index (χ0v) is 11.4. The molecule has 0 bridgehead atoms. The number of carbonyl (C=O) groups excluding carboxylic acids is 1. The highest BCUT2D eigenvalue weighted by atomic mass is 16.1. The molecule has 0 aliphatic carbocycles. The number of benzene rings is 1. The van der Waals surface area contributed by atoms with Crippen LogP contribution in [0.5, 0.6) is 0 Å². The fourth-order valence-electron chi connectivity index (χ4n) is 2.14. The quantitative estimate of drug-likeness (QED) is 0.865. The van der Waals surface area contributed by atoms with Gasteiger partial charge in [0.15, 0.2) is 0 Å². The van der Waals surface area contributed by atoms with E-state index >= 15 is 0 Å². The zero-order chi connectivity index (χ0) is 13.7. The van der Waals surface area contributed by atoms with E-state index in [1.165, 1.54) is 11.1 Å². The van der Waals surface area contributed by atoms with Crippen molar-refractivity contribution < 1.29 is 4.79 Å². The van der Waals surface area contributed by atoms with Crippen LogP contribution in [0.4, 0.5) is 5.69 Å². The number of para-hydroxylation sites is 1. The van der Waals surface area contributed by atoms with Gasteiger partial charge in [-0.1, -0.05) is 32.0 Å². The number of rotatable bonds is 5. The van der Waals surface area contributed by atoms with E-state index in [-0.39, 0.29) is 5.91 Å². The summed E-state index contributed by atoms with van der Waals surface area (Å²) in [5.74, 6) is -0.0140. The van der Waals surface area contributed by atoms with Gasteiger partial charge in [-0.15, -0.1) is 0 Å². The second-order valence-electron chi connectivity index (χ2n) is 4.46. The van der Waals surface area contributed by atoms with Crippen LogP contribution >= 0.6 is 0 Å². The number of anilines is 1. The molecular formula is C15H19N3O. The highest BCUT2D eigenvalue weighted by Gasteiger charge is 2.10. The van der Waals surface area contributed by atoms with Crippen LogP contribution in [-0.2, 0) is 24.1 Å². The Hall–Kier alpha value is -2.10. The molecule has 0 saturated heterocycles. The Balaban J connectivity index is 2.15. The minimum absolute atomic E-state index is 0.0140. The van der Waals surface area contributed by atoms with E-state index < -0.39 is 0 Å². The summed E-state index contributed by atoms with van der Waals surface area (Å²) in [6.45, 7) is 4.19. The molecule has 0 radical (unpaired) electrons. The minimum Gasteiger partial charge on any atom is -0.348 e. The first-order valence-corrected chi connectivity index (χ1v) is 6.62. The van der Waals surface area contributed by atoms with Gasteiger partial charge in [-0.05, 0) is 24.0 Å². The average molecular weight is 257 g/mol. The van der Waals surface area contributed by atoms with Crippen LogP contribution in [0.25, 0.3) is 0 Å². The van der Waals surface area contributed by atoms with Crippen molar-refractivity contribution in [3.05, 3.63) is 47.5 Å².